The first-order valence-corrected chi connectivity index (χ1v) is 7.51. The molecule has 0 bridgehead atoms. The van der Waals surface area contributed by atoms with Crippen LogP contribution in [-0.4, -0.2) is 24.8 Å². The zero-order valence-electron chi connectivity index (χ0n) is 12.1. The fraction of sp³-hybridized carbons (Fsp3) is 0.600. The SMILES string of the molecule is CCNC(Cc1cc(F)ccc1Br)C(C)(C)OCC. The maximum atomic E-state index is 13.4. The molecule has 0 heterocycles. The molecule has 4 heteroatoms. The van der Waals surface area contributed by atoms with Crippen LogP contribution in [0.4, 0.5) is 4.39 Å². The van der Waals surface area contributed by atoms with E-state index in [1.165, 1.54) is 6.07 Å². The number of nitrogens with one attached hydrogen (secondary N) is 1. The summed E-state index contributed by atoms with van der Waals surface area (Å²) in [6, 6.07) is 4.93. The number of halogens is 2. The number of benzene rings is 1. The summed E-state index contributed by atoms with van der Waals surface area (Å²) >= 11 is 3.48. The molecule has 0 saturated carbocycles. The zero-order chi connectivity index (χ0) is 14.5. The number of rotatable bonds is 7. The zero-order valence-corrected chi connectivity index (χ0v) is 13.7. The fourth-order valence-electron chi connectivity index (χ4n) is 2.20. The molecule has 2 nitrogen and oxygen atoms in total. The lowest BCUT2D eigenvalue weighted by Gasteiger charge is -2.35. The average Bonchev–Trinajstić information content (AvgIpc) is 2.33. The second kappa shape index (κ2) is 7.36. The van der Waals surface area contributed by atoms with Gasteiger partial charge in [0.2, 0.25) is 0 Å². The molecule has 108 valence electrons. The van der Waals surface area contributed by atoms with Crippen molar-refractivity contribution in [3.05, 3.63) is 34.1 Å². The van der Waals surface area contributed by atoms with Gasteiger partial charge in [0.15, 0.2) is 0 Å². The van der Waals surface area contributed by atoms with E-state index in [1.54, 1.807) is 12.1 Å². The monoisotopic (exact) mass is 331 g/mol. The van der Waals surface area contributed by atoms with Crippen molar-refractivity contribution >= 4 is 15.9 Å². The van der Waals surface area contributed by atoms with Gasteiger partial charge in [-0.1, -0.05) is 22.9 Å². The van der Waals surface area contributed by atoms with Gasteiger partial charge in [-0.05, 0) is 57.5 Å². The van der Waals surface area contributed by atoms with Crippen LogP contribution in [0.15, 0.2) is 22.7 Å². The molecule has 0 saturated heterocycles. The number of likely N-dealkylation sites (N-methyl/N-ethyl adjacent to an activating group) is 1. The van der Waals surface area contributed by atoms with Gasteiger partial charge in [0, 0.05) is 17.1 Å². The summed E-state index contributed by atoms with van der Waals surface area (Å²) in [7, 11) is 0. The van der Waals surface area contributed by atoms with Crippen molar-refractivity contribution < 1.29 is 9.13 Å². The molecule has 0 aliphatic heterocycles. The van der Waals surface area contributed by atoms with Gasteiger partial charge in [-0.2, -0.15) is 0 Å². The Morgan fingerprint density at radius 1 is 1.37 bits per heavy atom. The Morgan fingerprint density at radius 3 is 2.63 bits per heavy atom. The average molecular weight is 332 g/mol. The molecule has 0 radical (unpaired) electrons. The first-order valence-electron chi connectivity index (χ1n) is 6.72. The minimum Gasteiger partial charge on any atom is -0.374 e. The summed E-state index contributed by atoms with van der Waals surface area (Å²) in [6.45, 7) is 9.71. The molecule has 0 spiro atoms. The second-order valence-electron chi connectivity index (χ2n) is 5.09. The van der Waals surface area contributed by atoms with Gasteiger partial charge in [0.1, 0.15) is 5.82 Å². The molecular weight excluding hydrogens is 309 g/mol. The largest absolute Gasteiger partial charge is 0.374 e. The van der Waals surface area contributed by atoms with Crippen molar-refractivity contribution in [3.8, 4) is 0 Å². The molecule has 1 aromatic rings. The predicted molar refractivity (Wildman–Crippen MR) is 81.0 cm³/mol. The highest BCUT2D eigenvalue weighted by Crippen LogP contribution is 2.24. The van der Waals surface area contributed by atoms with Gasteiger partial charge in [0.05, 0.1) is 5.60 Å². The summed E-state index contributed by atoms with van der Waals surface area (Å²) in [6.07, 6.45) is 0.721. The number of ether oxygens (including phenoxy) is 1. The lowest BCUT2D eigenvalue weighted by atomic mass is 9.92. The lowest BCUT2D eigenvalue weighted by molar-refractivity contribution is -0.0377. The number of hydrogen-bond donors (Lipinski definition) is 1. The van der Waals surface area contributed by atoms with Crippen LogP contribution in [0.3, 0.4) is 0 Å². The Bertz CT molecular complexity index is 409. The molecule has 0 aliphatic rings. The predicted octanol–water partition coefficient (Wildman–Crippen LogP) is 3.92. The van der Waals surface area contributed by atoms with E-state index >= 15 is 0 Å². The molecule has 0 aromatic heterocycles. The molecule has 19 heavy (non-hydrogen) atoms. The van der Waals surface area contributed by atoms with Crippen molar-refractivity contribution in [2.75, 3.05) is 13.2 Å². The van der Waals surface area contributed by atoms with Crippen LogP contribution in [0, 0.1) is 5.82 Å². The van der Waals surface area contributed by atoms with Crippen molar-refractivity contribution in [1.29, 1.82) is 0 Å². The van der Waals surface area contributed by atoms with Crippen LogP contribution >= 0.6 is 15.9 Å². The van der Waals surface area contributed by atoms with E-state index < -0.39 is 0 Å². The Labute approximate surface area is 123 Å². The summed E-state index contributed by atoms with van der Waals surface area (Å²) < 4.78 is 20.1. The highest BCUT2D eigenvalue weighted by molar-refractivity contribution is 9.10. The van der Waals surface area contributed by atoms with Crippen LogP contribution in [0.25, 0.3) is 0 Å². The van der Waals surface area contributed by atoms with E-state index in [9.17, 15) is 4.39 Å². The van der Waals surface area contributed by atoms with E-state index in [0.29, 0.717) is 6.61 Å². The van der Waals surface area contributed by atoms with E-state index in [4.69, 9.17) is 4.74 Å². The third-order valence-electron chi connectivity index (χ3n) is 3.24. The molecule has 1 rings (SSSR count). The van der Waals surface area contributed by atoms with Crippen LogP contribution < -0.4 is 5.32 Å². The summed E-state index contributed by atoms with van der Waals surface area (Å²) in [5, 5.41) is 3.43. The Hall–Kier alpha value is -0.450. The summed E-state index contributed by atoms with van der Waals surface area (Å²) in [5.41, 5.74) is 0.662. The highest BCUT2D eigenvalue weighted by Gasteiger charge is 2.30. The van der Waals surface area contributed by atoms with Gasteiger partial charge in [-0.15, -0.1) is 0 Å². The van der Waals surface area contributed by atoms with E-state index in [0.717, 1.165) is 23.0 Å². The van der Waals surface area contributed by atoms with Gasteiger partial charge >= 0.3 is 0 Å². The van der Waals surface area contributed by atoms with Crippen molar-refractivity contribution in [2.24, 2.45) is 0 Å². The number of hydrogen-bond acceptors (Lipinski definition) is 2. The summed E-state index contributed by atoms with van der Waals surface area (Å²) in [5.74, 6) is -0.206. The first kappa shape index (κ1) is 16.6. The maximum Gasteiger partial charge on any atom is 0.123 e. The Balaban J connectivity index is 2.92. The third kappa shape index (κ3) is 4.86. The van der Waals surface area contributed by atoms with Crippen molar-refractivity contribution in [2.45, 2.75) is 45.8 Å². The van der Waals surface area contributed by atoms with E-state index in [1.807, 2.05) is 6.92 Å². The standard InChI is InChI=1S/C15H23BrFNO/c1-5-18-14(15(3,4)19-6-2)10-11-9-12(17)7-8-13(11)16/h7-9,14,18H,5-6,10H2,1-4H3. The summed E-state index contributed by atoms with van der Waals surface area (Å²) in [4.78, 5) is 0. The molecule has 1 unspecified atom stereocenters. The maximum absolute atomic E-state index is 13.4. The third-order valence-corrected chi connectivity index (χ3v) is 4.01. The topological polar surface area (TPSA) is 21.3 Å². The molecule has 1 aromatic carbocycles. The van der Waals surface area contributed by atoms with Gasteiger partial charge in [-0.3, -0.25) is 0 Å². The fourth-order valence-corrected chi connectivity index (χ4v) is 2.61. The van der Waals surface area contributed by atoms with Gasteiger partial charge in [-0.25, -0.2) is 4.39 Å². The normalized spacial score (nSPS) is 13.6. The van der Waals surface area contributed by atoms with E-state index in [2.05, 4.69) is 42.0 Å². The Morgan fingerprint density at radius 2 is 2.05 bits per heavy atom. The second-order valence-corrected chi connectivity index (χ2v) is 5.94. The van der Waals surface area contributed by atoms with E-state index in [-0.39, 0.29) is 17.5 Å². The molecule has 1 atom stereocenters. The Kier molecular flexibility index (Phi) is 6.43. The quantitative estimate of drug-likeness (QED) is 0.817. The van der Waals surface area contributed by atoms with Crippen LogP contribution in [0.1, 0.15) is 33.3 Å². The smallest absolute Gasteiger partial charge is 0.123 e. The minimum atomic E-state index is -0.295. The molecular formula is C15H23BrFNO. The van der Waals surface area contributed by atoms with Gasteiger partial charge < -0.3 is 10.1 Å². The van der Waals surface area contributed by atoms with Crippen LogP contribution in [0.5, 0.6) is 0 Å². The lowest BCUT2D eigenvalue weighted by Crippen LogP contribution is -2.50. The molecule has 0 aliphatic carbocycles. The highest BCUT2D eigenvalue weighted by atomic mass is 79.9. The first-order chi connectivity index (χ1) is 8.90. The molecule has 0 fully saturated rings. The van der Waals surface area contributed by atoms with Crippen molar-refractivity contribution in [1.82, 2.24) is 5.32 Å². The van der Waals surface area contributed by atoms with Crippen molar-refractivity contribution in [3.63, 3.8) is 0 Å². The minimum absolute atomic E-state index is 0.135. The van der Waals surface area contributed by atoms with Gasteiger partial charge in [0.25, 0.3) is 0 Å². The van der Waals surface area contributed by atoms with Crippen LogP contribution in [0.2, 0.25) is 0 Å². The molecule has 1 N–H and O–H groups in total. The van der Waals surface area contributed by atoms with Crippen LogP contribution in [-0.2, 0) is 11.2 Å². The molecule has 0 amide bonds.